The van der Waals surface area contributed by atoms with Crippen LogP contribution in [0.15, 0.2) is 29.0 Å². The van der Waals surface area contributed by atoms with Gasteiger partial charge in [0.25, 0.3) is 5.91 Å². The molecule has 6 nitrogen and oxygen atoms in total. The van der Waals surface area contributed by atoms with Crippen LogP contribution in [0, 0.1) is 0 Å². The predicted octanol–water partition coefficient (Wildman–Crippen LogP) is 1.64. The molecule has 2 aliphatic heterocycles. The molecule has 2 amide bonds. The van der Waals surface area contributed by atoms with Gasteiger partial charge in [-0.25, -0.2) is 4.79 Å². The van der Waals surface area contributed by atoms with Gasteiger partial charge in [0, 0.05) is 11.4 Å². The Morgan fingerprint density at radius 2 is 2.04 bits per heavy atom. The molecule has 0 bridgehead atoms. The Morgan fingerprint density at radius 1 is 1.26 bits per heavy atom. The number of carboxylic acid groups (broad SMARTS) is 1. The summed E-state index contributed by atoms with van der Waals surface area (Å²) < 4.78 is 0. The first-order chi connectivity index (χ1) is 11.1. The molecule has 0 unspecified atom stereocenters. The second kappa shape index (κ2) is 6.54. The number of carboxylic acids is 1. The average Bonchev–Trinajstić information content (AvgIpc) is 3.17. The van der Waals surface area contributed by atoms with E-state index in [2.05, 4.69) is 5.32 Å². The van der Waals surface area contributed by atoms with Gasteiger partial charge in [0.05, 0.1) is 5.56 Å². The van der Waals surface area contributed by atoms with Crippen LogP contribution in [0.2, 0.25) is 0 Å². The van der Waals surface area contributed by atoms with E-state index in [1.807, 2.05) is 12.2 Å². The highest BCUT2D eigenvalue weighted by molar-refractivity contribution is 7.08. The number of hydrogen-bond acceptors (Lipinski definition) is 4. The second-order valence-electron chi connectivity index (χ2n) is 5.81. The number of aliphatic carboxylic acids is 1. The summed E-state index contributed by atoms with van der Waals surface area (Å²) in [5.41, 5.74) is 0.515. The van der Waals surface area contributed by atoms with Crippen LogP contribution < -0.4 is 5.32 Å². The average molecular weight is 334 g/mol. The van der Waals surface area contributed by atoms with Gasteiger partial charge in [0.1, 0.15) is 12.1 Å². The van der Waals surface area contributed by atoms with E-state index in [-0.39, 0.29) is 17.9 Å². The van der Waals surface area contributed by atoms with Gasteiger partial charge >= 0.3 is 5.97 Å². The van der Waals surface area contributed by atoms with Crippen molar-refractivity contribution in [3.63, 3.8) is 0 Å². The van der Waals surface area contributed by atoms with Gasteiger partial charge in [-0.15, -0.1) is 0 Å². The van der Waals surface area contributed by atoms with Gasteiger partial charge < -0.3 is 15.3 Å². The fourth-order valence-corrected chi connectivity index (χ4v) is 3.85. The van der Waals surface area contributed by atoms with Gasteiger partial charge in [-0.05, 0) is 37.1 Å². The molecule has 2 aliphatic rings. The topological polar surface area (TPSA) is 86.7 Å². The maximum atomic E-state index is 12.8. The summed E-state index contributed by atoms with van der Waals surface area (Å²) in [6.45, 7) is 0. The Kier molecular flexibility index (Phi) is 4.47. The molecule has 0 aliphatic carbocycles. The summed E-state index contributed by atoms with van der Waals surface area (Å²) in [5.74, 6) is -1.58. The predicted molar refractivity (Wildman–Crippen MR) is 85.2 cm³/mol. The van der Waals surface area contributed by atoms with Crippen molar-refractivity contribution in [2.75, 3.05) is 0 Å². The van der Waals surface area contributed by atoms with E-state index >= 15 is 0 Å². The maximum absolute atomic E-state index is 12.8. The Morgan fingerprint density at radius 3 is 2.74 bits per heavy atom. The van der Waals surface area contributed by atoms with E-state index in [0.717, 1.165) is 0 Å². The number of amides is 2. The first-order valence-electron chi connectivity index (χ1n) is 7.61. The Hall–Kier alpha value is -2.15. The SMILES string of the molecule is O=C(N[C@H]1CC=CC[C@@H]2CC[C@@H](C(=O)O)N2C1=O)c1ccsc1. The first-order valence-corrected chi connectivity index (χ1v) is 8.55. The molecular weight excluding hydrogens is 316 g/mol. The van der Waals surface area contributed by atoms with Gasteiger partial charge in [0.15, 0.2) is 0 Å². The highest BCUT2D eigenvalue weighted by atomic mass is 32.1. The van der Waals surface area contributed by atoms with Crippen molar-refractivity contribution in [2.45, 2.75) is 43.8 Å². The molecule has 1 saturated heterocycles. The molecule has 7 heteroatoms. The van der Waals surface area contributed by atoms with E-state index < -0.39 is 18.1 Å². The molecule has 2 N–H and O–H groups in total. The monoisotopic (exact) mass is 334 g/mol. The minimum Gasteiger partial charge on any atom is -0.480 e. The number of rotatable bonds is 3. The fourth-order valence-electron chi connectivity index (χ4n) is 3.21. The highest BCUT2D eigenvalue weighted by Crippen LogP contribution is 2.29. The Bertz CT molecular complexity index is 641. The van der Waals surface area contributed by atoms with E-state index in [1.54, 1.807) is 16.8 Å². The van der Waals surface area contributed by atoms with Crippen molar-refractivity contribution in [3.8, 4) is 0 Å². The van der Waals surface area contributed by atoms with Crippen molar-refractivity contribution in [1.82, 2.24) is 10.2 Å². The first kappa shape index (κ1) is 15.7. The summed E-state index contributed by atoms with van der Waals surface area (Å²) in [7, 11) is 0. The normalized spacial score (nSPS) is 27.2. The molecule has 1 aromatic heterocycles. The van der Waals surface area contributed by atoms with E-state index in [0.29, 0.717) is 31.2 Å². The summed E-state index contributed by atoms with van der Waals surface area (Å²) in [5, 5.41) is 15.6. The van der Waals surface area contributed by atoms with Gasteiger partial charge in [-0.1, -0.05) is 12.2 Å². The lowest BCUT2D eigenvalue weighted by molar-refractivity contribution is -0.150. The number of thiophene rings is 1. The zero-order chi connectivity index (χ0) is 16.4. The molecule has 0 radical (unpaired) electrons. The standard InChI is InChI=1S/C16H18N2O4S/c19-14(10-7-8-23-9-10)17-12-4-2-1-3-11-5-6-13(16(21)22)18(11)15(12)20/h1-2,7-9,11-13H,3-6H2,(H,17,19)(H,21,22)/t11-,12+,13+/m1/s1. The van der Waals surface area contributed by atoms with Crippen molar-refractivity contribution in [2.24, 2.45) is 0 Å². The molecule has 3 atom stereocenters. The fraction of sp³-hybridized carbons (Fsp3) is 0.438. The lowest BCUT2D eigenvalue weighted by Crippen LogP contribution is -2.54. The van der Waals surface area contributed by atoms with Crippen molar-refractivity contribution < 1.29 is 19.5 Å². The summed E-state index contributed by atoms with van der Waals surface area (Å²) in [4.78, 5) is 37.9. The minimum atomic E-state index is -0.978. The van der Waals surface area contributed by atoms with Crippen LogP contribution in [0.3, 0.4) is 0 Å². The van der Waals surface area contributed by atoms with E-state index in [9.17, 15) is 19.5 Å². The maximum Gasteiger partial charge on any atom is 0.326 e. The van der Waals surface area contributed by atoms with Crippen LogP contribution >= 0.6 is 11.3 Å². The third-order valence-electron chi connectivity index (χ3n) is 4.38. The molecule has 23 heavy (non-hydrogen) atoms. The molecule has 1 aromatic rings. The molecule has 0 saturated carbocycles. The molecule has 0 aromatic carbocycles. The van der Waals surface area contributed by atoms with Crippen molar-refractivity contribution >= 4 is 29.1 Å². The van der Waals surface area contributed by atoms with Gasteiger partial charge in [-0.3, -0.25) is 9.59 Å². The third-order valence-corrected chi connectivity index (χ3v) is 5.06. The van der Waals surface area contributed by atoms with Crippen LogP contribution in [0.4, 0.5) is 0 Å². The minimum absolute atomic E-state index is 0.0966. The molecule has 3 rings (SSSR count). The molecule has 3 heterocycles. The highest BCUT2D eigenvalue weighted by Gasteiger charge is 2.43. The van der Waals surface area contributed by atoms with Crippen LogP contribution in [0.25, 0.3) is 0 Å². The second-order valence-corrected chi connectivity index (χ2v) is 6.59. The quantitative estimate of drug-likeness (QED) is 0.823. The van der Waals surface area contributed by atoms with Crippen molar-refractivity contribution in [3.05, 3.63) is 34.5 Å². The zero-order valence-corrected chi connectivity index (χ0v) is 13.3. The largest absolute Gasteiger partial charge is 0.480 e. The number of nitrogens with zero attached hydrogens (tertiary/aromatic N) is 1. The number of hydrogen-bond donors (Lipinski definition) is 2. The smallest absolute Gasteiger partial charge is 0.326 e. The lowest BCUT2D eigenvalue weighted by Gasteiger charge is -2.32. The number of nitrogens with one attached hydrogen (secondary N) is 1. The zero-order valence-electron chi connectivity index (χ0n) is 12.5. The number of carbonyl (C=O) groups excluding carboxylic acids is 2. The number of carbonyl (C=O) groups is 3. The van der Waals surface area contributed by atoms with Crippen LogP contribution in [0.5, 0.6) is 0 Å². The Labute approximate surface area is 137 Å². The summed E-state index contributed by atoms with van der Waals surface area (Å²) in [6.07, 6.45) is 6.05. The van der Waals surface area contributed by atoms with E-state index in [4.69, 9.17) is 0 Å². The van der Waals surface area contributed by atoms with Crippen LogP contribution in [0.1, 0.15) is 36.0 Å². The third kappa shape index (κ3) is 3.14. The number of fused-ring (bicyclic) bond motifs is 1. The van der Waals surface area contributed by atoms with Crippen LogP contribution in [-0.2, 0) is 9.59 Å². The van der Waals surface area contributed by atoms with Crippen LogP contribution in [-0.4, -0.2) is 45.9 Å². The molecule has 122 valence electrons. The Balaban J connectivity index is 1.81. The molecule has 0 spiro atoms. The van der Waals surface area contributed by atoms with Crippen molar-refractivity contribution in [1.29, 1.82) is 0 Å². The molecule has 1 fully saturated rings. The van der Waals surface area contributed by atoms with E-state index in [1.165, 1.54) is 16.2 Å². The summed E-state index contributed by atoms with van der Waals surface area (Å²) in [6, 6.07) is 0.0868. The molecular formula is C16H18N2O4S. The lowest BCUT2D eigenvalue weighted by atomic mass is 10.0. The van der Waals surface area contributed by atoms with Gasteiger partial charge in [-0.2, -0.15) is 11.3 Å². The summed E-state index contributed by atoms with van der Waals surface area (Å²) >= 11 is 1.41. The van der Waals surface area contributed by atoms with Gasteiger partial charge in [0.2, 0.25) is 5.91 Å².